The third-order valence-corrected chi connectivity index (χ3v) is 6.27. The molecule has 0 saturated heterocycles. The van der Waals surface area contributed by atoms with Crippen LogP contribution in [0, 0.1) is 17.8 Å². The second-order valence-corrected chi connectivity index (χ2v) is 7.74. The van der Waals surface area contributed by atoms with E-state index in [-0.39, 0.29) is 18.3 Å². The quantitative estimate of drug-likeness (QED) is 0.707. The molecule has 2 aromatic rings. The zero-order valence-electron chi connectivity index (χ0n) is 15.5. The van der Waals surface area contributed by atoms with E-state index in [9.17, 15) is 19.8 Å². The van der Waals surface area contributed by atoms with Crippen LogP contribution in [0.1, 0.15) is 36.8 Å². The van der Waals surface area contributed by atoms with Gasteiger partial charge in [-0.1, -0.05) is 49.7 Å². The number of aliphatic carboxylic acids is 2. The molecule has 1 fully saturated rings. The van der Waals surface area contributed by atoms with Crippen LogP contribution in [-0.2, 0) is 9.59 Å². The summed E-state index contributed by atoms with van der Waals surface area (Å²) in [6.45, 7) is 1.88. The molecule has 6 heteroatoms. The monoisotopic (exact) mass is 381 g/mol. The van der Waals surface area contributed by atoms with E-state index in [1.807, 2.05) is 55.5 Å². The van der Waals surface area contributed by atoms with Gasteiger partial charge in [-0.2, -0.15) is 0 Å². The molecule has 2 aliphatic rings. The van der Waals surface area contributed by atoms with E-state index in [1.54, 1.807) is 0 Å². The van der Waals surface area contributed by atoms with Crippen LogP contribution in [0.3, 0.4) is 0 Å². The van der Waals surface area contributed by atoms with Gasteiger partial charge in [0, 0.05) is 23.0 Å². The number of hydrogen-bond acceptors (Lipinski definition) is 4. The molecule has 0 unspecified atom stereocenters. The van der Waals surface area contributed by atoms with Crippen molar-refractivity contribution in [1.82, 2.24) is 0 Å². The van der Waals surface area contributed by atoms with Gasteiger partial charge < -0.3 is 20.7 Å². The highest BCUT2D eigenvalue weighted by molar-refractivity contribution is 5.84. The Morgan fingerprint density at radius 2 is 1.57 bits per heavy atom. The summed E-state index contributed by atoms with van der Waals surface area (Å²) in [7, 11) is 0. The summed E-state index contributed by atoms with van der Waals surface area (Å²) in [5, 5.41) is 19.6. The van der Waals surface area contributed by atoms with E-state index in [0.29, 0.717) is 17.9 Å². The predicted molar refractivity (Wildman–Crippen MR) is 102 cm³/mol. The molecule has 1 aliphatic heterocycles. The minimum atomic E-state index is -1.63. The minimum Gasteiger partial charge on any atom is -0.481 e. The Bertz CT molecular complexity index is 897. The summed E-state index contributed by atoms with van der Waals surface area (Å²) < 4.78 is 5.98. The lowest BCUT2D eigenvalue weighted by Crippen LogP contribution is -2.52. The maximum absolute atomic E-state index is 12.3. The molecule has 0 spiro atoms. The van der Waals surface area contributed by atoms with Crippen molar-refractivity contribution in [3.63, 3.8) is 0 Å². The molecular weight excluding hydrogens is 358 g/mol. The van der Waals surface area contributed by atoms with Gasteiger partial charge in [-0.15, -0.1) is 0 Å². The zero-order valence-corrected chi connectivity index (χ0v) is 15.5. The summed E-state index contributed by atoms with van der Waals surface area (Å²) in [4.78, 5) is 23.9. The molecule has 28 heavy (non-hydrogen) atoms. The van der Waals surface area contributed by atoms with Gasteiger partial charge in [-0.25, -0.2) is 0 Å². The van der Waals surface area contributed by atoms with E-state index in [2.05, 4.69) is 0 Å². The lowest BCUT2D eigenvalue weighted by atomic mass is 9.75. The highest BCUT2D eigenvalue weighted by Crippen LogP contribution is 2.57. The molecule has 1 saturated carbocycles. The standard InChI is InChI=1S/C22H23NO5/c1-2-12-18(20(24)25)19(12)22(23,21(26)27)11-15-13-7-3-5-9-16(13)28-17-10-6-4-8-14(15)17/h3-10,12,15,18-19H,2,11,23H2,1H3,(H,24,25)(H,26,27)/t12-,18+,19+,22+/m1/s1. The zero-order chi connectivity index (χ0) is 20.1. The topological polar surface area (TPSA) is 110 Å². The third kappa shape index (κ3) is 2.76. The second-order valence-electron chi connectivity index (χ2n) is 7.74. The number of benzene rings is 2. The molecule has 4 rings (SSSR count). The molecule has 6 nitrogen and oxygen atoms in total. The Morgan fingerprint density at radius 3 is 2.00 bits per heavy atom. The number of carbonyl (C=O) groups is 2. The molecule has 1 heterocycles. The van der Waals surface area contributed by atoms with Crippen molar-refractivity contribution in [3.8, 4) is 11.5 Å². The summed E-state index contributed by atoms with van der Waals surface area (Å²) >= 11 is 0. The number of nitrogens with two attached hydrogens (primary N) is 1. The lowest BCUT2D eigenvalue weighted by molar-refractivity contribution is -0.145. The van der Waals surface area contributed by atoms with Crippen LogP contribution in [-0.4, -0.2) is 27.7 Å². The Balaban J connectivity index is 1.77. The lowest BCUT2D eigenvalue weighted by Gasteiger charge is -2.34. The van der Waals surface area contributed by atoms with Crippen molar-refractivity contribution in [2.45, 2.75) is 31.2 Å². The van der Waals surface area contributed by atoms with Gasteiger partial charge >= 0.3 is 11.9 Å². The molecule has 4 N–H and O–H groups in total. The van der Waals surface area contributed by atoms with Crippen molar-refractivity contribution in [2.24, 2.45) is 23.5 Å². The van der Waals surface area contributed by atoms with Crippen molar-refractivity contribution in [1.29, 1.82) is 0 Å². The fourth-order valence-electron chi connectivity index (χ4n) is 4.85. The van der Waals surface area contributed by atoms with Gasteiger partial charge in [0.05, 0.1) is 5.92 Å². The van der Waals surface area contributed by atoms with E-state index < -0.39 is 29.3 Å². The molecule has 0 radical (unpaired) electrons. The number of fused-ring (bicyclic) bond motifs is 2. The molecule has 1 aliphatic carbocycles. The Labute approximate surface area is 162 Å². The molecule has 4 atom stereocenters. The Kier molecular flexibility index (Phi) is 4.38. The van der Waals surface area contributed by atoms with Crippen molar-refractivity contribution >= 4 is 11.9 Å². The van der Waals surface area contributed by atoms with Crippen LogP contribution < -0.4 is 10.5 Å². The number of rotatable bonds is 6. The Morgan fingerprint density at radius 1 is 1.04 bits per heavy atom. The van der Waals surface area contributed by atoms with Gasteiger partial charge in [0.25, 0.3) is 0 Å². The third-order valence-electron chi connectivity index (χ3n) is 6.27. The first-order valence-corrected chi connectivity index (χ1v) is 9.49. The van der Waals surface area contributed by atoms with Crippen LogP contribution in [0.5, 0.6) is 11.5 Å². The van der Waals surface area contributed by atoms with Crippen molar-refractivity contribution < 1.29 is 24.5 Å². The largest absolute Gasteiger partial charge is 0.481 e. The first kappa shape index (κ1) is 18.5. The van der Waals surface area contributed by atoms with E-state index in [0.717, 1.165) is 11.1 Å². The molecule has 0 bridgehead atoms. The number of hydrogen-bond donors (Lipinski definition) is 3. The van der Waals surface area contributed by atoms with Crippen LogP contribution >= 0.6 is 0 Å². The van der Waals surface area contributed by atoms with Gasteiger partial charge in [-0.3, -0.25) is 9.59 Å². The summed E-state index contributed by atoms with van der Waals surface area (Å²) in [5.74, 6) is -2.57. The van der Waals surface area contributed by atoms with Crippen LogP contribution in [0.4, 0.5) is 0 Å². The van der Waals surface area contributed by atoms with Gasteiger partial charge in [-0.05, 0) is 24.5 Å². The average molecular weight is 381 g/mol. The van der Waals surface area contributed by atoms with Crippen molar-refractivity contribution in [3.05, 3.63) is 59.7 Å². The van der Waals surface area contributed by atoms with Gasteiger partial charge in [0.1, 0.15) is 17.0 Å². The smallest absolute Gasteiger partial charge is 0.324 e. The van der Waals surface area contributed by atoms with Gasteiger partial charge in [0.2, 0.25) is 0 Å². The predicted octanol–water partition coefficient (Wildman–Crippen LogP) is 3.45. The first-order chi connectivity index (χ1) is 13.4. The molecule has 0 aromatic heterocycles. The number of ether oxygens (including phenoxy) is 1. The SMILES string of the molecule is CC[C@@H]1[C@H](C(=O)O)[C@H]1[C@@](N)(CC1c2ccccc2Oc2ccccc21)C(=O)O. The Hall–Kier alpha value is -2.86. The van der Waals surface area contributed by atoms with E-state index >= 15 is 0 Å². The summed E-state index contributed by atoms with van der Waals surface area (Å²) in [6, 6.07) is 15.0. The average Bonchev–Trinajstić information content (AvgIpc) is 3.43. The second kappa shape index (κ2) is 6.63. The number of carboxylic acid groups (broad SMARTS) is 2. The molecule has 0 amide bonds. The summed E-state index contributed by atoms with van der Waals surface area (Å²) in [5.41, 5.74) is 6.59. The van der Waals surface area contributed by atoms with Crippen LogP contribution in [0.2, 0.25) is 0 Å². The maximum atomic E-state index is 12.3. The molecule has 2 aromatic carbocycles. The van der Waals surface area contributed by atoms with E-state index in [4.69, 9.17) is 10.5 Å². The van der Waals surface area contributed by atoms with Crippen molar-refractivity contribution in [2.75, 3.05) is 0 Å². The minimum absolute atomic E-state index is 0.116. The fourth-order valence-corrected chi connectivity index (χ4v) is 4.85. The van der Waals surface area contributed by atoms with Crippen LogP contribution in [0.25, 0.3) is 0 Å². The fraction of sp³-hybridized carbons (Fsp3) is 0.364. The number of carboxylic acids is 2. The van der Waals surface area contributed by atoms with E-state index in [1.165, 1.54) is 0 Å². The highest BCUT2D eigenvalue weighted by atomic mass is 16.5. The highest BCUT2D eigenvalue weighted by Gasteiger charge is 2.65. The normalized spacial score (nSPS) is 25.0. The number of para-hydroxylation sites is 2. The van der Waals surface area contributed by atoms with Crippen LogP contribution in [0.15, 0.2) is 48.5 Å². The first-order valence-electron chi connectivity index (χ1n) is 9.49. The van der Waals surface area contributed by atoms with Gasteiger partial charge in [0.15, 0.2) is 0 Å². The molecule has 146 valence electrons. The maximum Gasteiger partial charge on any atom is 0.324 e. The summed E-state index contributed by atoms with van der Waals surface area (Å²) in [6.07, 6.45) is 0.708. The molecular formula is C22H23NO5.